The van der Waals surface area contributed by atoms with E-state index in [1.807, 2.05) is 45.0 Å². The summed E-state index contributed by atoms with van der Waals surface area (Å²) in [5.41, 5.74) is -0.381. The highest BCUT2D eigenvalue weighted by molar-refractivity contribution is 14.1. The van der Waals surface area contributed by atoms with Crippen LogP contribution in [0, 0.1) is 3.57 Å². The zero-order valence-electron chi connectivity index (χ0n) is 11.5. The quantitative estimate of drug-likeness (QED) is 0.627. The van der Waals surface area contributed by atoms with E-state index in [1.54, 1.807) is 0 Å². The third-order valence-electron chi connectivity index (χ3n) is 2.63. The molecule has 1 aromatic carbocycles. The third-order valence-corrected chi connectivity index (χ3v) is 3.30. The molecular formula is C14H20INO3. The molecule has 1 N–H and O–H groups in total. The Labute approximate surface area is 127 Å². The maximum atomic E-state index is 11.1. The summed E-state index contributed by atoms with van der Waals surface area (Å²) in [4.78, 5) is 12.6. The van der Waals surface area contributed by atoms with Gasteiger partial charge in [-0.25, -0.2) is 4.79 Å². The first kappa shape index (κ1) is 16.1. The molecule has 0 aliphatic heterocycles. The molecule has 0 aromatic heterocycles. The van der Waals surface area contributed by atoms with Gasteiger partial charge in [0.2, 0.25) is 0 Å². The summed E-state index contributed by atoms with van der Waals surface area (Å²) in [6.07, 6.45) is -0.212. The molecule has 106 valence electrons. The minimum atomic E-state index is -0.887. The van der Waals surface area contributed by atoms with Gasteiger partial charge in [0.1, 0.15) is 5.75 Å². The zero-order valence-corrected chi connectivity index (χ0v) is 13.7. The number of ether oxygens (including phenoxy) is 1. The van der Waals surface area contributed by atoms with Crippen LogP contribution < -0.4 is 4.74 Å². The van der Waals surface area contributed by atoms with Crippen molar-refractivity contribution >= 4 is 28.7 Å². The molecule has 0 heterocycles. The Morgan fingerprint density at radius 2 is 2.11 bits per heavy atom. The monoisotopic (exact) mass is 377 g/mol. The average Bonchev–Trinajstić information content (AvgIpc) is 2.26. The van der Waals surface area contributed by atoms with Crippen molar-refractivity contribution in [1.29, 1.82) is 0 Å². The predicted octanol–water partition coefficient (Wildman–Crippen LogP) is 3.84. The topological polar surface area (TPSA) is 49.8 Å². The van der Waals surface area contributed by atoms with Gasteiger partial charge in [-0.1, -0.05) is 6.07 Å². The molecule has 0 spiro atoms. The van der Waals surface area contributed by atoms with E-state index in [4.69, 9.17) is 9.84 Å². The summed E-state index contributed by atoms with van der Waals surface area (Å²) in [5.74, 6) is 0.824. The zero-order chi connectivity index (χ0) is 14.5. The summed E-state index contributed by atoms with van der Waals surface area (Å²) in [6.45, 7) is 6.66. The van der Waals surface area contributed by atoms with Gasteiger partial charge >= 0.3 is 6.09 Å². The SMILES string of the molecule is CC(C)(C)N(CCCOc1cccc(I)c1)C(=O)O. The normalized spacial score (nSPS) is 11.2. The van der Waals surface area contributed by atoms with Crippen LogP contribution in [0.2, 0.25) is 0 Å². The van der Waals surface area contributed by atoms with Crippen LogP contribution in [0.1, 0.15) is 27.2 Å². The lowest BCUT2D eigenvalue weighted by Crippen LogP contribution is -2.45. The fourth-order valence-electron chi connectivity index (χ4n) is 1.69. The maximum absolute atomic E-state index is 11.1. The molecule has 4 nitrogen and oxygen atoms in total. The number of carboxylic acid groups (broad SMARTS) is 1. The molecule has 1 amide bonds. The van der Waals surface area contributed by atoms with Crippen molar-refractivity contribution < 1.29 is 14.6 Å². The average molecular weight is 377 g/mol. The largest absolute Gasteiger partial charge is 0.493 e. The van der Waals surface area contributed by atoms with Gasteiger partial charge < -0.3 is 14.7 Å². The van der Waals surface area contributed by atoms with Crippen LogP contribution in [-0.2, 0) is 0 Å². The van der Waals surface area contributed by atoms with Crippen molar-refractivity contribution in [2.75, 3.05) is 13.2 Å². The Morgan fingerprint density at radius 3 is 2.63 bits per heavy atom. The van der Waals surface area contributed by atoms with Crippen molar-refractivity contribution in [3.8, 4) is 5.75 Å². The van der Waals surface area contributed by atoms with Crippen LogP contribution in [0.15, 0.2) is 24.3 Å². The standard InChI is InChI=1S/C14H20INO3/c1-14(2,3)16(13(17)18)8-5-9-19-12-7-4-6-11(15)10-12/h4,6-7,10H,5,8-9H2,1-3H3,(H,17,18). The molecule has 0 saturated carbocycles. The van der Waals surface area contributed by atoms with Gasteiger partial charge in [0.25, 0.3) is 0 Å². The molecule has 0 fully saturated rings. The van der Waals surface area contributed by atoms with E-state index in [-0.39, 0.29) is 5.54 Å². The summed E-state index contributed by atoms with van der Waals surface area (Å²) < 4.78 is 6.73. The highest BCUT2D eigenvalue weighted by atomic mass is 127. The molecule has 0 aliphatic carbocycles. The van der Waals surface area contributed by atoms with E-state index >= 15 is 0 Å². The lowest BCUT2D eigenvalue weighted by Gasteiger charge is -2.33. The summed E-state index contributed by atoms with van der Waals surface area (Å²) in [5, 5.41) is 9.15. The first-order valence-corrected chi connectivity index (χ1v) is 7.27. The molecule has 19 heavy (non-hydrogen) atoms. The molecular weight excluding hydrogens is 357 g/mol. The maximum Gasteiger partial charge on any atom is 0.407 e. The smallest absolute Gasteiger partial charge is 0.407 e. The molecule has 0 unspecified atom stereocenters. The Hall–Kier alpha value is -0.980. The molecule has 0 atom stereocenters. The third kappa shape index (κ3) is 5.67. The van der Waals surface area contributed by atoms with Gasteiger partial charge in [-0.15, -0.1) is 0 Å². The van der Waals surface area contributed by atoms with Crippen LogP contribution in [0.3, 0.4) is 0 Å². The highest BCUT2D eigenvalue weighted by Crippen LogP contribution is 2.16. The second-order valence-electron chi connectivity index (χ2n) is 5.26. The fraction of sp³-hybridized carbons (Fsp3) is 0.500. The number of amides is 1. The van der Waals surface area contributed by atoms with Gasteiger partial charge in [-0.05, 0) is 68.0 Å². The Bertz CT molecular complexity index is 429. The van der Waals surface area contributed by atoms with E-state index in [9.17, 15) is 4.79 Å². The number of halogens is 1. The lowest BCUT2D eigenvalue weighted by molar-refractivity contribution is 0.0962. The van der Waals surface area contributed by atoms with E-state index in [2.05, 4.69) is 22.6 Å². The summed E-state index contributed by atoms with van der Waals surface area (Å²) >= 11 is 2.23. The molecule has 5 heteroatoms. The van der Waals surface area contributed by atoms with Gasteiger partial charge in [-0.3, -0.25) is 0 Å². The minimum absolute atomic E-state index is 0.381. The van der Waals surface area contributed by atoms with Crippen molar-refractivity contribution in [3.63, 3.8) is 0 Å². The minimum Gasteiger partial charge on any atom is -0.493 e. The number of benzene rings is 1. The van der Waals surface area contributed by atoms with Gasteiger partial charge in [0.15, 0.2) is 0 Å². The van der Waals surface area contributed by atoms with Crippen molar-refractivity contribution in [2.24, 2.45) is 0 Å². The Morgan fingerprint density at radius 1 is 1.42 bits per heavy atom. The van der Waals surface area contributed by atoms with Gasteiger partial charge in [0.05, 0.1) is 6.61 Å². The Kier molecular flexibility index (Phi) is 5.90. The van der Waals surface area contributed by atoms with E-state index < -0.39 is 6.09 Å². The number of hydrogen-bond acceptors (Lipinski definition) is 2. The van der Waals surface area contributed by atoms with Crippen LogP contribution in [0.4, 0.5) is 4.79 Å². The van der Waals surface area contributed by atoms with Gasteiger partial charge in [0, 0.05) is 15.7 Å². The van der Waals surface area contributed by atoms with E-state index in [0.29, 0.717) is 19.6 Å². The van der Waals surface area contributed by atoms with Crippen molar-refractivity contribution in [2.45, 2.75) is 32.7 Å². The molecule has 0 saturated heterocycles. The second kappa shape index (κ2) is 6.98. The number of nitrogens with zero attached hydrogens (tertiary/aromatic N) is 1. The van der Waals surface area contributed by atoms with Crippen molar-refractivity contribution in [1.82, 2.24) is 4.90 Å². The van der Waals surface area contributed by atoms with Crippen molar-refractivity contribution in [3.05, 3.63) is 27.8 Å². The first-order valence-electron chi connectivity index (χ1n) is 6.19. The second-order valence-corrected chi connectivity index (χ2v) is 6.51. The molecule has 1 aromatic rings. The number of carbonyl (C=O) groups is 1. The molecule has 0 radical (unpaired) electrons. The predicted molar refractivity (Wildman–Crippen MR) is 83.8 cm³/mol. The number of hydrogen-bond donors (Lipinski definition) is 1. The fourth-order valence-corrected chi connectivity index (χ4v) is 2.20. The van der Waals surface area contributed by atoms with Crippen LogP contribution >= 0.6 is 22.6 Å². The summed E-state index contributed by atoms with van der Waals surface area (Å²) in [7, 11) is 0. The molecule has 0 bridgehead atoms. The van der Waals surface area contributed by atoms with Gasteiger partial charge in [-0.2, -0.15) is 0 Å². The summed E-state index contributed by atoms with van der Waals surface area (Å²) in [6, 6.07) is 7.80. The van der Waals surface area contributed by atoms with Crippen LogP contribution in [-0.4, -0.2) is 34.8 Å². The lowest BCUT2D eigenvalue weighted by atomic mass is 10.1. The molecule has 0 aliphatic rings. The number of rotatable bonds is 5. The van der Waals surface area contributed by atoms with E-state index in [0.717, 1.165) is 9.32 Å². The Balaban J connectivity index is 2.39. The first-order chi connectivity index (χ1) is 8.80. The highest BCUT2D eigenvalue weighted by Gasteiger charge is 2.25. The van der Waals surface area contributed by atoms with E-state index in [1.165, 1.54) is 4.90 Å². The molecule has 1 rings (SSSR count). The van der Waals surface area contributed by atoms with Crippen LogP contribution in [0.5, 0.6) is 5.75 Å². The van der Waals surface area contributed by atoms with Crippen LogP contribution in [0.25, 0.3) is 0 Å².